The summed E-state index contributed by atoms with van der Waals surface area (Å²) >= 11 is 0. The van der Waals surface area contributed by atoms with Crippen LogP contribution in [0.5, 0.6) is 0 Å². The third-order valence-corrected chi connectivity index (χ3v) is 3.37. The van der Waals surface area contributed by atoms with E-state index < -0.39 is 11.7 Å². The van der Waals surface area contributed by atoms with Crippen LogP contribution in [0, 0.1) is 5.92 Å². The predicted octanol–water partition coefficient (Wildman–Crippen LogP) is 4.05. The van der Waals surface area contributed by atoms with Gasteiger partial charge in [-0.3, -0.25) is 4.79 Å². The number of ether oxygens (including phenoxy) is 1. The summed E-state index contributed by atoms with van der Waals surface area (Å²) in [7, 11) is 1.81. The molecule has 154 valence electrons. The van der Waals surface area contributed by atoms with Crippen LogP contribution in [-0.2, 0) is 9.53 Å². The van der Waals surface area contributed by atoms with Crippen molar-refractivity contribution < 1.29 is 14.3 Å². The summed E-state index contributed by atoms with van der Waals surface area (Å²) in [6.07, 6.45) is 7.20. The number of carbonyl (C=O) groups excluding carboxylic acids is 2. The first-order valence-corrected chi connectivity index (χ1v) is 9.57. The zero-order valence-corrected chi connectivity index (χ0v) is 18.2. The fourth-order valence-corrected chi connectivity index (χ4v) is 2.23. The molecule has 6 nitrogen and oxygen atoms in total. The molecule has 1 saturated heterocycles. The second-order valence-electron chi connectivity index (χ2n) is 7.63. The van der Waals surface area contributed by atoms with Gasteiger partial charge in [-0.2, -0.15) is 0 Å². The summed E-state index contributed by atoms with van der Waals surface area (Å²) in [6.45, 7) is 14.2. The quantitative estimate of drug-likeness (QED) is 0.589. The average Bonchev–Trinajstić information content (AvgIpc) is 2.55. The molecule has 0 radical (unpaired) electrons. The number of amides is 1. The van der Waals surface area contributed by atoms with E-state index >= 15 is 0 Å². The predicted molar refractivity (Wildman–Crippen MR) is 111 cm³/mol. The van der Waals surface area contributed by atoms with E-state index in [1.54, 1.807) is 22.2 Å². The van der Waals surface area contributed by atoms with Gasteiger partial charge in [-0.1, -0.05) is 33.8 Å². The topological polar surface area (TPSA) is 75.9 Å². The number of carbonyl (C=O) groups is 2. The molecule has 1 amide bonds. The minimum absolute atomic E-state index is 0.0383. The number of allylic oxidation sites excluding steroid dienone is 2. The molecule has 27 heavy (non-hydrogen) atoms. The van der Waals surface area contributed by atoms with Crippen molar-refractivity contribution in [1.29, 1.82) is 0 Å². The molecule has 6 heteroatoms. The average molecular weight is 380 g/mol. The molecule has 0 bridgehead atoms. The maximum atomic E-state index is 12.2. The van der Waals surface area contributed by atoms with Gasteiger partial charge < -0.3 is 20.3 Å². The molecule has 2 N–H and O–H groups in total. The first kappa shape index (κ1) is 24.8. The van der Waals surface area contributed by atoms with Crippen LogP contribution >= 0.6 is 0 Å². The van der Waals surface area contributed by atoms with Crippen LogP contribution in [0.3, 0.4) is 0 Å². The Bertz CT molecular complexity index is 584. The number of rotatable bonds is 4. The first-order chi connectivity index (χ1) is 12.5. The van der Waals surface area contributed by atoms with Crippen LogP contribution in [-0.4, -0.2) is 47.4 Å². The maximum absolute atomic E-state index is 12.2. The molecule has 0 unspecified atom stereocenters. The van der Waals surface area contributed by atoms with Crippen LogP contribution < -0.4 is 5.73 Å². The zero-order valence-electron chi connectivity index (χ0n) is 18.2. The minimum atomic E-state index is -0.556. The highest BCUT2D eigenvalue weighted by Gasteiger charge is 2.28. The normalized spacial score (nSPS) is 17.2. The van der Waals surface area contributed by atoms with Gasteiger partial charge in [-0.25, -0.2) is 4.79 Å². The Morgan fingerprint density at radius 3 is 2.41 bits per heavy atom. The number of hydrogen-bond donors (Lipinski definition) is 1. The van der Waals surface area contributed by atoms with Crippen molar-refractivity contribution in [2.45, 2.75) is 60.5 Å². The van der Waals surface area contributed by atoms with Gasteiger partial charge in [0.2, 0.25) is 0 Å². The Morgan fingerprint density at radius 1 is 1.30 bits per heavy atom. The summed E-state index contributed by atoms with van der Waals surface area (Å²) < 4.78 is 5.38. The van der Waals surface area contributed by atoms with Crippen molar-refractivity contribution in [3.63, 3.8) is 0 Å². The molecule has 1 rings (SSSR count). The molecule has 0 aromatic rings. The van der Waals surface area contributed by atoms with Crippen molar-refractivity contribution in [2.24, 2.45) is 11.7 Å². The van der Waals surface area contributed by atoms with E-state index in [-0.39, 0.29) is 12.3 Å². The van der Waals surface area contributed by atoms with Gasteiger partial charge in [-0.15, -0.1) is 0 Å². The zero-order chi connectivity index (χ0) is 21.2. The van der Waals surface area contributed by atoms with E-state index in [0.29, 0.717) is 30.2 Å². The fraction of sp³-hybridized carbons (Fsp3) is 0.619. The Labute approximate surface area is 164 Å². The lowest BCUT2D eigenvalue weighted by Crippen LogP contribution is -2.43. The van der Waals surface area contributed by atoms with Gasteiger partial charge in [0.25, 0.3) is 0 Å². The van der Waals surface area contributed by atoms with E-state index in [2.05, 4.69) is 13.8 Å². The van der Waals surface area contributed by atoms with Crippen molar-refractivity contribution in [2.75, 3.05) is 20.1 Å². The second-order valence-corrected chi connectivity index (χ2v) is 7.63. The van der Waals surface area contributed by atoms with Gasteiger partial charge >= 0.3 is 6.09 Å². The molecule has 0 aromatic heterocycles. The SMILES string of the molecule is CC.CC(C)/C=C\C(N)=C/N(C)/C=C1\CN(C(=O)OC(C)(C)C)CCC1=O. The summed E-state index contributed by atoms with van der Waals surface area (Å²) in [6, 6.07) is 0. The Kier molecular flexibility index (Phi) is 10.5. The van der Waals surface area contributed by atoms with E-state index in [1.165, 1.54) is 0 Å². The highest BCUT2D eigenvalue weighted by Crippen LogP contribution is 2.17. The largest absolute Gasteiger partial charge is 0.444 e. The number of hydrogen-bond acceptors (Lipinski definition) is 5. The Hall–Kier alpha value is -2.24. The number of nitrogens with two attached hydrogens (primary N) is 1. The number of ketones is 1. The lowest BCUT2D eigenvalue weighted by molar-refractivity contribution is -0.117. The minimum Gasteiger partial charge on any atom is -0.444 e. The van der Waals surface area contributed by atoms with E-state index in [9.17, 15) is 9.59 Å². The number of piperidine rings is 1. The summed E-state index contributed by atoms with van der Waals surface area (Å²) in [5.74, 6) is 0.453. The smallest absolute Gasteiger partial charge is 0.410 e. The highest BCUT2D eigenvalue weighted by molar-refractivity contribution is 5.97. The molecule has 0 saturated carbocycles. The highest BCUT2D eigenvalue weighted by atomic mass is 16.6. The van der Waals surface area contributed by atoms with Gasteiger partial charge in [0, 0.05) is 43.7 Å². The molecular formula is C21H37N3O3. The molecule has 1 aliphatic rings. The van der Waals surface area contributed by atoms with Gasteiger partial charge in [-0.05, 0) is 32.8 Å². The van der Waals surface area contributed by atoms with Crippen LogP contribution in [0.2, 0.25) is 0 Å². The molecule has 1 heterocycles. The third-order valence-electron chi connectivity index (χ3n) is 3.37. The molecule has 0 atom stereocenters. The number of likely N-dealkylation sites (tertiary alicyclic amines) is 1. The molecule has 0 aliphatic carbocycles. The third kappa shape index (κ3) is 10.5. The number of nitrogens with zero attached hydrogens (tertiary/aromatic N) is 2. The standard InChI is InChI=1S/C19H31N3O3.C2H6/c1-14(2)7-8-16(20)13-21(6)11-15-12-22(10-9-17(15)23)18(24)25-19(3,4)5;1-2/h7-8,11,13-14H,9-10,12,20H2,1-6H3;1-2H3/b8-7-,15-11+,16-13+;. The van der Waals surface area contributed by atoms with Crippen molar-refractivity contribution in [3.8, 4) is 0 Å². The number of Topliss-reactive ketones (excluding diaryl/α,β-unsaturated/α-hetero) is 1. The summed E-state index contributed by atoms with van der Waals surface area (Å²) in [4.78, 5) is 27.6. The Morgan fingerprint density at radius 2 is 1.89 bits per heavy atom. The Balaban J connectivity index is 0.00000326. The summed E-state index contributed by atoms with van der Waals surface area (Å²) in [5, 5.41) is 0. The van der Waals surface area contributed by atoms with Crippen LogP contribution in [0.1, 0.15) is 54.9 Å². The second kappa shape index (κ2) is 11.5. The van der Waals surface area contributed by atoms with Crippen LogP contribution in [0.25, 0.3) is 0 Å². The lowest BCUT2D eigenvalue weighted by Gasteiger charge is -2.31. The van der Waals surface area contributed by atoms with Crippen molar-refractivity contribution in [1.82, 2.24) is 9.80 Å². The van der Waals surface area contributed by atoms with Crippen molar-refractivity contribution >= 4 is 11.9 Å². The monoisotopic (exact) mass is 379 g/mol. The fourth-order valence-electron chi connectivity index (χ4n) is 2.23. The maximum Gasteiger partial charge on any atom is 0.410 e. The first-order valence-electron chi connectivity index (χ1n) is 9.57. The molecule has 1 aliphatic heterocycles. The van der Waals surface area contributed by atoms with Crippen LogP contribution in [0.15, 0.2) is 35.8 Å². The lowest BCUT2D eigenvalue weighted by atomic mass is 10.0. The molecule has 0 aromatic carbocycles. The summed E-state index contributed by atoms with van der Waals surface area (Å²) in [5.41, 5.74) is 6.55. The molecule has 0 spiro atoms. The van der Waals surface area contributed by atoms with Gasteiger partial charge in [0.1, 0.15) is 5.60 Å². The molecule has 1 fully saturated rings. The van der Waals surface area contributed by atoms with Gasteiger partial charge in [0.15, 0.2) is 5.78 Å². The van der Waals surface area contributed by atoms with Crippen LogP contribution in [0.4, 0.5) is 4.79 Å². The van der Waals surface area contributed by atoms with E-state index in [0.717, 1.165) is 0 Å². The molecular weight excluding hydrogens is 342 g/mol. The van der Waals surface area contributed by atoms with E-state index in [4.69, 9.17) is 10.5 Å². The van der Waals surface area contributed by atoms with Gasteiger partial charge in [0.05, 0.1) is 6.54 Å². The van der Waals surface area contributed by atoms with E-state index in [1.807, 2.05) is 53.8 Å². The van der Waals surface area contributed by atoms with Crippen molar-refractivity contribution in [3.05, 3.63) is 35.8 Å².